The van der Waals surface area contributed by atoms with Crippen molar-refractivity contribution in [3.05, 3.63) is 47.5 Å². The summed E-state index contributed by atoms with van der Waals surface area (Å²) < 4.78 is 0. The maximum atomic E-state index is 5.89. The molecule has 1 aromatic heterocycles. The molecule has 0 unspecified atom stereocenters. The molecule has 1 aromatic carbocycles. The second-order valence-corrected chi connectivity index (χ2v) is 5.83. The minimum Gasteiger partial charge on any atom is -0.368 e. The first-order valence-electron chi connectivity index (χ1n) is 7.19. The highest BCUT2D eigenvalue weighted by molar-refractivity contribution is 5.37. The smallest absolute Gasteiger partial charge is 0.223 e. The number of benzene rings is 1. The molecule has 0 aliphatic heterocycles. The molecule has 0 spiro atoms. The van der Waals surface area contributed by atoms with Gasteiger partial charge in [0.05, 0.1) is 5.41 Å². The van der Waals surface area contributed by atoms with E-state index in [0.717, 1.165) is 24.5 Å². The Morgan fingerprint density at radius 1 is 1.05 bits per heavy atom. The van der Waals surface area contributed by atoms with Crippen molar-refractivity contribution in [1.29, 1.82) is 0 Å². The van der Waals surface area contributed by atoms with Crippen molar-refractivity contribution >= 4 is 5.95 Å². The maximum Gasteiger partial charge on any atom is 0.223 e. The molecule has 0 saturated heterocycles. The molecule has 4 heteroatoms. The van der Waals surface area contributed by atoms with Gasteiger partial charge in [0.25, 0.3) is 0 Å². The number of hydrogen-bond acceptors (Lipinski definition) is 4. The number of nitrogen functional groups attached to an aromatic ring is 1. The van der Waals surface area contributed by atoms with Gasteiger partial charge in [-0.3, -0.25) is 0 Å². The summed E-state index contributed by atoms with van der Waals surface area (Å²) in [5.74, 6) is 2.22. The molecule has 0 radical (unpaired) electrons. The lowest BCUT2D eigenvalue weighted by Gasteiger charge is -2.41. The van der Waals surface area contributed by atoms with E-state index in [1.54, 1.807) is 0 Å². The van der Waals surface area contributed by atoms with Crippen molar-refractivity contribution in [2.45, 2.75) is 44.4 Å². The van der Waals surface area contributed by atoms with Gasteiger partial charge in [0.2, 0.25) is 5.95 Å². The Hall–Kier alpha value is -1.97. The Labute approximate surface area is 119 Å². The van der Waals surface area contributed by atoms with Crippen molar-refractivity contribution in [2.24, 2.45) is 0 Å². The molecule has 3 rings (SSSR count). The molecule has 0 bridgehead atoms. The maximum absolute atomic E-state index is 5.89. The number of aromatic nitrogens is 3. The zero-order valence-corrected chi connectivity index (χ0v) is 12.0. The Morgan fingerprint density at radius 2 is 1.75 bits per heavy atom. The number of nitrogens with two attached hydrogens (primary N) is 1. The van der Waals surface area contributed by atoms with Crippen LogP contribution in [0.15, 0.2) is 30.3 Å². The van der Waals surface area contributed by atoms with Gasteiger partial charge in [-0.1, -0.05) is 50.6 Å². The number of nitrogens with zero attached hydrogens (tertiary/aromatic N) is 3. The van der Waals surface area contributed by atoms with Gasteiger partial charge in [0, 0.05) is 5.92 Å². The van der Waals surface area contributed by atoms with E-state index < -0.39 is 0 Å². The lowest BCUT2D eigenvalue weighted by molar-refractivity contribution is 0.283. The molecule has 1 saturated carbocycles. The Morgan fingerprint density at radius 3 is 2.30 bits per heavy atom. The first-order chi connectivity index (χ1) is 9.62. The van der Waals surface area contributed by atoms with Crippen LogP contribution in [0.4, 0.5) is 5.95 Å². The van der Waals surface area contributed by atoms with Gasteiger partial charge in [-0.2, -0.15) is 9.97 Å². The lowest BCUT2D eigenvalue weighted by atomic mass is 9.64. The quantitative estimate of drug-likeness (QED) is 0.929. The second kappa shape index (κ2) is 4.85. The average molecular weight is 268 g/mol. The van der Waals surface area contributed by atoms with Crippen LogP contribution in [0.2, 0.25) is 0 Å². The van der Waals surface area contributed by atoms with Gasteiger partial charge < -0.3 is 5.73 Å². The molecule has 1 aliphatic rings. The number of hydrogen-bond donors (Lipinski definition) is 1. The van der Waals surface area contributed by atoms with Crippen LogP contribution in [0.1, 0.15) is 56.2 Å². The van der Waals surface area contributed by atoms with Gasteiger partial charge in [-0.05, 0) is 18.4 Å². The Kier molecular flexibility index (Phi) is 3.16. The van der Waals surface area contributed by atoms with E-state index in [1.165, 1.54) is 12.0 Å². The summed E-state index contributed by atoms with van der Waals surface area (Å²) in [7, 11) is 0. The third-order valence-corrected chi connectivity index (χ3v) is 4.15. The van der Waals surface area contributed by atoms with Crippen molar-refractivity contribution in [3.8, 4) is 0 Å². The minimum absolute atomic E-state index is 0.0675. The zero-order chi connectivity index (χ0) is 14.2. The summed E-state index contributed by atoms with van der Waals surface area (Å²) in [6, 6.07) is 10.5. The molecule has 0 atom stereocenters. The third kappa shape index (κ3) is 2.05. The molecular formula is C16H20N4. The minimum atomic E-state index is -0.0675. The second-order valence-electron chi connectivity index (χ2n) is 5.83. The SMILES string of the molecule is CC(C)c1nc(N)nc(C2(c3ccccc3)CCC2)n1. The van der Waals surface area contributed by atoms with Crippen LogP contribution >= 0.6 is 0 Å². The average Bonchev–Trinajstić information content (AvgIpc) is 2.38. The van der Waals surface area contributed by atoms with Crippen LogP contribution in [0, 0.1) is 0 Å². The highest BCUT2D eigenvalue weighted by Crippen LogP contribution is 2.47. The zero-order valence-electron chi connectivity index (χ0n) is 12.0. The normalized spacial score (nSPS) is 16.9. The topological polar surface area (TPSA) is 64.7 Å². The highest BCUT2D eigenvalue weighted by Gasteiger charge is 2.43. The van der Waals surface area contributed by atoms with Gasteiger partial charge in [0.15, 0.2) is 0 Å². The fraction of sp³-hybridized carbons (Fsp3) is 0.438. The van der Waals surface area contributed by atoms with Crippen LogP contribution in [0.3, 0.4) is 0 Å². The van der Waals surface area contributed by atoms with E-state index in [2.05, 4.69) is 48.1 Å². The van der Waals surface area contributed by atoms with Gasteiger partial charge in [0.1, 0.15) is 11.6 Å². The van der Waals surface area contributed by atoms with E-state index >= 15 is 0 Å². The monoisotopic (exact) mass is 268 g/mol. The predicted molar refractivity (Wildman–Crippen MR) is 79.4 cm³/mol. The molecule has 4 nitrogen and oxygen atoms in total. The van der Waals surface area contributed by atoms with Gasteiger partial charge in [-0.15, -0.1) is 0 Å². The molecule has 1 heterocycles. The van der Waals surface area contributed by atoms with E-state index in [-0.39, 0.29) is 11.3 Å². The summed E-state index contributed by atoms with van der Waals surface area (Å²) in [5.41, 5.74) is 7.10. The lowest BCUT2D eigenvalue weighted by Crippen LogP contribution is -2.38. The van der Waals surface area contributed by atoms with Gasteiger partial charge >= 0.3 is 0 Å². The molecule has 0 amide bonds. The van der Waals surface area contributed by atoms with Crippen LogP contribution in [-0.4, -0.2) is 15.0 Å². The number of rotatable bonds is 3. The van der Waals surface area contributed by atoms with Crippen molar-refractivity contribution in [3.63, 3.8) is 0 Å². The molecule has 20 heavy (non-hydrogen) atoms. The summed E-state index contributed by atoms with van der Waals surface area (Å²) >= 11 is 0. The van der Waals surface area contributed by atoms with Crippen molar-refractivity contribution in [2.75, 3.05) is 5.73 Å². The summed E-state index contributed by atoms with van der Waals surface area (Å²) in [4.78, 5) is 13.4. The van der Waals surface area contributed by atoms with Gasteiger partial charge in [-0.25, -0.2) is 4.98 Å². The predicted octanol–water partition coefficient (Wildman–Crippen LogP) is 3.05. The molecule has 2 N–H and O–H groups in total. The molecule has 1 fully saturated rings. The largest absolute Gasteiger partial charge is 0.368 e. The van der Waals surface area contributed by atoms with Crippen molar-refractivity contribution in [1.82, 2.24) is 15.0 Å². The van der Waals surface area contributed by atoms with Crippen LogP contribution in [0.25, 0.3) is 0 Å². The summed E-state index contributed by atoms with van der Waals surface area (Å²) in [5, 5.41) is 0. The molecular weight excluding hydrogens is 248 g/mol. The van der Waals surface area contributed by atoms with E-state index in [4.69, 9.17) is 10.7 Å². The summed E-state index contributed by atoms with van der Waals surface area (Å²) in [6.45, 7) is 4.16. The summed E-state index contributed by atoms with van der Waals surface area (Å²) in [6.07, 6.45) is 3.37. The van der Waals surface area contributed by atoms with Crippen LogP contribution in [0.5, 0.6) is 0 Å². The van der Waals surface area contributed by atoms with Crippen LogP contribution < -0.4 is 5.73 Å². The Balaban J connectivity index is 2.10. The van der Waals surface area contributed by atoms with E-state index in [0.29, 0.717) is 5.95 Å². The third-order valence-electron chi connectivity index (χ3n) is 4.15. The molecule has 104 valence electrons. The Bertz CT molecular complexity index is 603. The highest BCUT2D eigenvalue weighted by atomic mass is 15.1. The molecule has 1 aliphatic carbocycles. The van der Waals surface area contributed by atoms with E-state index in [9.17, 15) is 0 Å². The van der Waals surface area contributed by atoms with E-state index in [1.807, 2.05) is 6.07 Å². The standard InChI is InChI=1S/C16H20N4/c1-11(2)13-18-14(20-15(17)19-13)16(9-6-10-16)12-7-4-3-5-8-12/h3-5,7-8,11H,6,9-10H2,1-2H3,(H2,17,18,19,20). The fourth-order valence-electron chi connectivity index (χ4n) is 2.81. The first kappa shape index (κ1) is 13.0. The molecule has 2 aromatic rings. The fourth-order valence-corrected chi connectivity index (χ4v) is 2.81. The number of anilines is 1. The van der Waals surface area contributed by atoms with Crippen molar-refractivity contribution < 1.29 is 0 Å². The van der Waals surface area contributed by atoms with Crippen LogP contribution in [-0.2, 0) is 5.41 Å². The first-order valence-corrected chi connectivity index (χ1v) is 7.19.